The first-order valence-electron chi connectivity index (χ1n) is 12.1. The molecule has 0 aromatic rings. The molecule has 0 amide bonds. The highest BCUT2D eigenvalue weighted by atomic mass is 16.5. The fourth-order valence-corrected chi connectivity index (χ4v) is 4.34. The molecular weight excluding hydrogens is 380 g/mol. The predicted octanol–water partition coefficient (Wildman–Crippen LogP) is 5.12. The second-order valence-electron chi connectivity index (χ2n) is 9.08. The molecule has 30 heavy (non-hydrogen) atoms. The van der Waals surface area contributed by atoms with Crippen molar-refractivity contribution in [3.8, 4) is 0 Å². The molecule has 1 aliphatic carbocycles. The van der Waals surface area contributed by atoms with Gasteiger partial charge in [-0.15, -0.1) is 0 Å². The third kappa shape index (κ3) is 11.3. The maximum atomic E-state index is 12.2. The van der Waals surface area contributed by atoms with Crippen LogP contribution >= 0.6 is 0 Å². The van der Waals surface area contributed by atoms with Crippen molar-refractivity contribution in [2.24, 2.45) is 11.8 Å². The van der Waals surface area contributed by atoms with E-state index in [9.17, 15) is 19.8 Å². The summed E-state index contributed by atoms with van der Waals surface area (Å²) in [5, 5.41) is 20.7. The maximum Gasteiger partial charge on any atom is 0.306 e. The highest BCUT2D eigenvalue weighted by Gasteiger charge is 2.40. The van der Waals surface area contributed by atoms with Crippen LogP contribution in [0.1, 0.15) is 104 Å². The highest BCUT2D eigenvalue weighted by molar-refractivity contribution is 5.78. The van der Waals surface area contributed by atoms with E-state index in [0.29, 0.717) is 38.5 Å². The molecule has 0 unspecified atom stereocenters. The number of carbonyl (C=O) groups is 2. The van der Waals surface area contributed by atoms with Gasteiger partial charge < -0.3 is 14.9 Å². The number of Topliss-reactive ketones (excluding diaryl/α,β-unsaturated/α-hetero) is 1. The Bertz CT molecular complexity index is 514. The summed E-state index contributed by atoms with van der Waals surface area (Å²) in [6.07, 6.45) is 13.5. The summed E-state index contributed by atoms with van der Waals surface area (Å²) in [7, 11) is 0. The Balaban J connectivity index is 2.30. The molecule has 4 atom stereocenters. The van der Waals surface area contributed by atoms with Crippen molar-refractivity contribution in [2.45, 2.75) is 123 Å². The van der Waals surface area contributed by atoms with E-state index in [0.717, 1.165) is 25.7 Å². The van der Waals surface area contributed by atoms with Crippen LogP contribution in [0, 0.1) is 11.8 Å². The number of ether oxygens (including phenoxy) is 1. The molecule has 0 aromatic heterocycles. The summed E-state index contributed by atoms with van der Waals surface area (Å²) in [4.78, 5) is 23.7. The van der Waals surface area contributed by atoms with E-state index in [-0.39, 0.29) is 29.7 Å². The molecule has 174 valence electrons. The van der Waals surface area contributed by atoms with Gasteiger partial charge in [0.1, 0.15) is 5.78 Å². The predicted molar refractivity (Wildman–Crippen MR) is 120 cm³/mol. The second-order valence-corrected chi connectivity index (χ2v) is 9.08. The standard InChI is InChI=1S/C25H44O5/c1-4-5-6-7-10-13-20(26)16-17-22-21(23(27)18-24(22)28)14-11-8-9-12-15-25(29)30-19(2)3/h8,11,19,21-24,27-28H,4-7,9-10,12-18H2,1-3H3/b11-8+/t21-,22+,23+,24-/m1/s1. The lowest BCUT2D eigenvalue weighted by Crippen LogP contribution is -2.22. The van der Waals surface area contributed by atoms with E-state index in [1.165, 1.54) is 19.3 Å². The summed E-state index contributed by atoms with van der Waals surface area (Å²) in [6.45, 7) is 5.87. The first kappa shape index (κ1) is 26.8. The molecule has 0 radical (unpaired) electrons. The van der Waals surface area contributed by atoms with Crippen LogP contribution in [-0.2, 0) is 14.3 Å². The minimum Gasteiger partial charge on any atom is -0.463 e. The number of hydrogen-bond donors (Lipinski definition) is 2. The van der Waals surface area contributed by atoms with Gasteiger partial charge >= 0.3 is 5.97 Å². The Morgan fingerprint density at radius 3 is 2.33 bits per heavy atom. The van der Waals surface area contributed by atoms with Gasteiger partial charge in [0, 0.05) is 19.3 Å². The van der Waals surface area contributed by atoms with E-state index in [1.807, 2.05) is 26.0 Å². The molecule has 0 heterocycles. The molecule has 0 bridgehead atoms. The maximum absolute atomic E-state index is 12.2. The van der Waals surface area contributed by atoms with Crippen LogP contribution < -0.4 is 0 Å². The number of aliphatic hydroxyl groups excluding tert-OH is 2. The Kier molecular flexibility index (Phi) is 13.9. The molecule has 0 aliphatic heterocycles. The minimum absolute atomic E-state index is 0.000453. The molecule has 1 rings (SSSR count). The van der Waals surface area contributed by atoms with Crippen molar-refractivity contribution in [1.82, 2.24) is 0 Å². The Morgan fingerprint density at radius 1 is 0.933 bits per heavy atom. The van der Waals surface area contributed by atoms with Crippen LogP contribution in [0.5, 0.6) is 0 Å². The highest BCUT2D eigenvalue weighted by Crippen LogP contribution is 2.38. The molecule has 1 saturated carbocycles. The zero-order valence-electron chi connectivity index (χ0n) is 19.4. The second kappa shape index (κ2) is 15.6. The number of aliphatic hydroxyl groups is 2. The number of ketones is 1. The van der Waals surface area contributed by atoms with Gasteiger partial charge in [-0.1, -0.05) is 44.8 Å². The van der Waals surface area contributed by atoms with E-state index in [2.05, 4.69) is 6.92 Å². The van der Waals surface area contributed by atoms with Gasteiger partial charge in [-0.05, 0) is 64.2 Å². The lowest BCUT2D eigenvalue weighted by Gasteiger charge is -2.22. The minimum atomic E-state index is -0.526. The Hall–Kier alpha value is -1.20. The molecule has 5 heteroatoms. The Labute approximate surface area is 183 Å². The lowest BCUT2D eigenvalue weighted by molar-refractivity contribution is -0.147. The lowest BCUT2D eigenvalue weighted by atomic mass is 9.86. The van der Waals surface area contributed by atoms with E-state index >= 15 is 0 Å². The third-order valence-electron chi connectivity index (χ3n) is 6.03. The fourth-order valence-electron chi connectivity index (χ4n) is 4.34. The smallest absolute Gasteiger partial charge is 0.306 e. The van der Waals surface area contributed by atoms with Crippen molar-refractivity contribution < 1.29 is 24.5 Å². The monoisotopic (exact) mass is 424 g/mol. The van der Waals surface area contributed by atoms with Crippen molar-refractivity contribution in [3.63, 3.8) is 0 Å². The van der Waals surface area contributed by atoms with Crippen molar-refractivity contribution in [1.29, 1.82) is 0 Å². The van der Waals surface area contributed by atoms with Crippen LogP contribution in [0.25, 0.3) is 0 Å². The average molecular weight is 425 g/mol. The first-order chi connectivity index (χ1) is 14.3. The van der Waals surface area contributed by atoms with Crippen LogP contribution in [-0.4, -0.2) is 40.3 Å². The van der Waals surface area contributed by atoms with Gasteiger partial charge in [0.2, 0.25) is 0 Å². The summed E-state index contributed by atoms with van der Waals surface area (Å²) in [6, 6.07) is 0. The molecule has 1 aliphatic rings. The number of rotatable bonds is 16. The van der Waals surface area contributed by atoms with Crippen LogP contribution in [0.4, 0.5) is 0 Å². The Morgan fingerprint density at radius 2 is 1.63 bits per heavy atom. The van der Waals surface area contributed by atoms with Gasteiger partial charge in [-0.3, -0.25) is 9.59 Å². The van der Waals surface area contributed by atoms with Gasteiger partial charge in [0.25, 0.3) is 0 Å². The van der Waals surface area contributed by atoms with E-state index < -0.39 is 12.2 Å². The number of carbonyl (C=O) groups excluding carboxylic acids is 2. The summed E-state index contributed by atoms with van der Waals surface area (Å²) in [5.41, 5.74) is 0. The number of unbranched alkanes of at least 4 members (excludes halogenated alkanes) is 5. The van der Waals surface area contributed by atoms with Crippen molar-refractivity contribution >= 4 is 11.8 Å². The van der Waals surface area contributed by atoms with E-state index in [4.69, 9.17) is 4.74 Å². The number of hydrogen-bond acceptors (Lipinski definition) is 5. The van der Waals surface area contributed by atoms with Gasteiger partial charge in [0.05, 0.1) is 18.3 Å². The van der Waals surface area contributed by atoms with Gasteiger partial charge in [-0.25, -0.2) is 0 Å². The van der Waals surface area contributed by atoms with Crippen molar-refractivity contribution in [2.75, 3.05) is 0 Å². The molecule has 1 fully saturated rings. The molecule has 5 nitrogen and oxygen atoms in total. The molecule has 0 spiro atoms. The molecular formula is C25H44O5. The third-order valence-corrected chi connectivity index (χ3v) is 6.03. The topological polar surface area (TPSA) is 83.8 Å². The summed E-state index contributed by atoms with van der Waals surface area (Å²) >= 11 is 0. The van der Waals surface area contributed by atoms with Crippen LogP contribution in [0.15, 0.2) is 12.2 Å². The number of esters is 1. The first-order valence-corrected chi connectivity index (χ1v) is 12.1. The fraction of sp³-hybridized carbons (Fsp3) is 0.840. The molecule has 0 aromatic carbocycles. The quantitative estimate of drug-likeness (QED) is 0.204. The van der Waals surface area contributed by atoms with Crippen LogP contribution in [0.2, 0.25) is 0 Å². The van der Waals surface area contributed by atoms with Crippen molar-refractivity contribution in [3.05, 3.63) is 12.2 Å². The van der Waals surface area contributed by atoms with Crippen LogP contribution in [0.3, 0.4) is 0 Å². The molecule has 0 saturated heterocycles. The number of allylic oxidation sites excluding steroid dienone is 2. The van der Waals surface area contributed by atoms with Gasteiger partial charge in [-0.2, -0.15) is 0 Å². The van der Waals surface area contributed by atoms with Gasteiger partial charge in [0.15, 0.2) is 0 Å². The largest absolute Gasteiger partial charge is 0.463 e. The average Bonchev–Trinajstić information content (AvgIpc) is 2.94. The summed E-state index contributed by atoms with van der Waals surface area (Å²) in [5.74, 6) is 0.0970. The zero-order valence-corrected chi connectivity index (χ0v) is 19.4. The van der Waals surface area contributed by atoms with E-state index in [1.54, 1.807) is 0 Å². The zero-order chi connectivity index (χ0) is 22.4. The molecule has 2 N–H and O–H groups in total. The summed E-state index contributed by atoms with van der Waals surface area (Å²) < 4.78 is 5.11. The normalized spacial score (nSPS) is 24.1. The SMILES string of the molecule is CCCCCCCC(=O)CC[C@H]1[C@@H](C/C=C/CCCC(=O)OC(C)C)[C@@H](O)C[C@H]1O.